The molecule has 0 radical (unpaired) electrons. The summed E-state index contributed by atoms with van der Waals surface area (Å²) in [5.41, 5.74) is 6.66. The number of hydrogen-bond donors (Lipinski definition) is 2. The number of nitrogens with two attached hydrogens (primary N) is 1. The van der Waals surface area contributed by atoms with Crippen molar-refractivity contribution in [1.29, 1.82) is 0 Å². The highest BCUT2D eigenvalue weighted by Gasteiger charge is 2.11. The lowest BCUT2D eigenvalue weighted by Gasteiger charge is -2.08. The lowest BCUT2D eigenvalue weighted by Crippen LogP contribution is -2.32. The monoisotopic (exact) mass is 257 g/mol. The van der Waals surface area contributed by atoms with Gasteiger partial charge < -0.3 is 10.8 Å². The number of carboxylic acid groups (broad SMARTS) is 1. The van der Waals surface area contributed by atoms with Crippen molar-refractivity contribution in [3.05, 3.63) is 29.8 Å². The fourth-order valence-electron chi connectivity index (χ4n) is 1.19. The molecular formula is C11H15NO2S2. The molecule has 0 aliphatic carbocycles. The minimum absolute atomic E-state index is 0.443. The van der Waals surface area contributed by atoms with E-state index in [1.807, 2.05) is 18.4 Å². The van der Waals surface area contributed by atoms with Crippen molar-refractivity contribution >= 4 is 29.5 Å². The smallest absolute Gasteiger partial charge is 0.321 e. The summed E-state index contributed by atoms with van der Waals surface area (Å²) in [5.74, 6) is 0.307. The zero-order valence-electron chi connectivity index (χ0n) is 9.05. The Morgan fingerprint density at radius 3 is 2.81 bits per heavy atom. The van der Waals surface area contributed by atoms with Crippen molar-refractivity contribution in [2.45, 2.75) is 16.7 Å². The van der Waals surface area contributed by atoms with Crippen LogP contribution in [0.3, 0.4) is 0 Å². The van der Waals surface area contributed by atoms with E-state index in [9.17, 15) is 4.79 Å². The first-order valence-electron chi connectivity index (χ1n) is 4.83. The van der Waals surface area contributed by atoms with Crippen molar-refractivity contribution < 1.29 is 9.90 Å². The Morgan fingerprint density at radius 1 is 1.50 bits per heavy atom. The first-order chi connectivity index (χ1) is 7.65. The van der Waals surface area contributed by atoms with Gasteiger partial charge in [0.2, 0.25) is 0 Å². The van der Waals surface area contributed by atoms with Crippen LogP contribution < -0.4 is 5.73 Å². The molecule has 0 heterocycles. The third-order valence-corrected chi connectivity index (χ3v) is 4.01. The minimum Gasteiger partial charge on any atom is -0.480 e. The molecule has 0 saturated heterocycles. The zero-order chi connectivity index (χ0) is 12.0. The molecular weight excluding hydrogens is 242 g/mol. The average Bonchev–Trinajstić information content (AvgIpc) is 2.29. The maximum Gasteiger partial charge on any atom is 0.321 e. The summed E-state index contributed by atoms with van der Waals surface area (Å²) >= 11 is 3.25. The Bertz CT molecular complexity index is 358. The van der Waals surface area contributed by atoms with E-state index in [2.05, 4.69) is 12.1 Å². The van der Waals surface area contributed by atoms with Gasteiger partial charge >= 0.3 is 5.97 Å². The third kappa shape index (κ3) is 4.08. The van der Waals surface area contributed by atoms with Crippen molar-refractivity contribution in [3.63, 3.8) is 0 Å². The van der Waals surface area contributed by atoms with E-state index in [1.165, 1.54) is 10.5 Å². The summed E-state index contributed by atoms with van der Waals surface area (Å²) in [5, 5.41) is 8.64. The molecule has 1 unspecified atom stereocenters. The van der Waals surface area contributed by atoms with Gasteiger partial charge in [0.25, 0.3) is 0 Å². The molecule has 0 spiro atoms. The zero-order valence-corrected chi connectivity index (χ0v) is 10.7. The van der Waals surface area contributed by atoms with Gasteiger partial charge in [0, 0.05) is 16.4 Å². The van der Waals surface area contributed by atoms with E-state index >= 15 is 0 Å². The fourth-order valence-corrected chi connectivity index (χ4v) is 2.88. The summed E-state index contributed by atoms with van der Waals surface area (Å²) in [6.07, 6.45) is 2.03. The average molecular weight is 257 g/mol. The maximum atomic E-state index is 10.5. The molecule has 88 valence electrons. The van der Waals surface area contributed by atoms with Crippen molar-refractivity contribution in [2.24, 2.45) is 5.73 Å². The predicted molar refractivity (Wildman–Crippen MR) is 70.0 cm³/mol. The topological polar surface area (TPSA) is 63.3 Å². The number of carboxylic acids is 1. The molecule has 3 N–H and O–H groups in total. The van der Waals surface area contributed by atoms with Gasteiger partial charge in [-0.25, -0.2) is 0 Å². The van der Waals surface area contributed by atoms with Crippen LogP contribution in [0.25, 0.3) is 0 Å². The highest BCUT2D eigenvalue weighted by molar-refractivity contribution is 7.99. The van der Waals surface area contributed by atoms with E-state index in [-0.39, 0.29) is 0 Å². The second-order valence-corrected chi connectivity index (χ2v) is 5.15. The number of aliphatic carboxylic acids is 1. The van der Waals surface area contributed by atoms with Gasteiger partial charge in [0.1, 0.15) is 6.04 Å². The Hall–Kier alpha value is -0.650. The number of rotatable bonds is 6. The molecule has 0 aliphatic rings. The van der Waals surface area contributed by atoms with Crippen LogP contribution in [0.1, 0.15) is 5.56 Å². The van der Waals surface area contributed by atoms with Gasteiger partial charge in [-0.05, 0) is 17.9 Å². The van der Waals surface area contributed by atoms with Crippen molar-refractivity contribution in [2.75, 3.05) is 12.0 Å². The summed E-state index contributed by atoms with van der Waals surface area (Å²) in [6.45, 7) is 0. The molecule has 1 atom stereocenters. The SMILES string of the molecule is CSc1ccccc1CSCC(N)C(=O)O. The standard InChI is InChI=1S/C11H15NO2S2/c1-15-10-5-3-2-4-8(10)6-16-7-9(12)11(13)14/h2-5,9H,6-7,12H2,1H3,(H,13,14). The molecule has 0 saturated carbocycles. The van der Waals surface area contributed by atoms with Gasteiger partial charge in [0.15, 0.2) is 0 Å². The van der Waals surface area contributed by atoms with Gasteiger partial charge in [-0.15, -0.1) is 11.8 Å². The Labute approximate surface area is 104 Å². The Kier molecular flexibility index (Phi) is 5.73. The highest BCUT2D eigenvalue weighted by Crippen LogP contribution is 2.24. The van der Waals surface area contributed by atoms with Crippen LogP contribution in [0, 0.1) is 0 Å². The number of thioether (sulfide) groups is 2. The van der Waals surface area contributed by atoms with Gasteiger partial charge in [-0.2, -0.15) is 11.8 Å². The van der Waals surface area contributed by atoms with Gasteiger partial charge in [-0.3, -0.25) is 4.79 Å². The molecule has 0 aliphatic heterocycles. The second-order valence-electron chi connectivity index (χ2n) is 3.27. The highest BCUT2D eigenvalue weighted by atomic mass is 32.2. The molecule has 3 nitrogen and oxygen atoms in total. The second kappa shape index (κ2) is 6.83. The number of carbonyl (C=O) groups is 1. The van der Waals surface area contributed by atoms with Crippen LogP contribution >= 0.6 is 23.5 Å². The summed E-state index contributed by atoms with van der Waals surface area (Å²) < 4.78 is 0. The third-order valence-electron chi connectivity index (χ3n) is 2.06. The van der Waals surface area contributed by atoms with Crippen LogP contribution in [0.2, 0.25) is 0 Å². The van der Waals surface area contributed by atoms with E-state index in [4.69, 9.17) is 10.8 Å². The maximum absolute atomic E-state index is 10.5. The number of benzene rings is 1. The van der Waals surface area contributed by atoms with Crippen LogP contribution in [0.5, 0.6) is 0 Å². The summed E-state index contributed by atoms with van der Waals surface area (Å²) in [4.78, 5) is 11.8. The van der Waals surface area contributed by atoms with Crippen molar-refractivity contribution in [1.82, 2.24) is 0 Å². The molecule has 5 heteroatoms. The number of hydrogen-bond acceptors (Lipinski definition) is 4. The Balaban J connectivity index is 2.45. The van der Waals surface area contributed by atoms with Crippen molar-refractivity contribution in [3.8, 4) is 0 Å². The molecule has 16 heavy (non-hydrogen) atoms. The van der Waals surface area contributed by atoms with Crippen LogP contribution in [-0.2, 0) is 10.5 Å². The lowest BCUT2D eigenvalue weighted by atomic mass is 10.2. The quantitative estimate of drug-likeness (QED) is 0.764. The fraction of sp³-hybridized carbons (Fsp3) is 0.364. The molecule has 0 fully saturated rings. The van der Waals surface area contributed by atoms with E-state index in [0.29, 0.717) is 5.75 Å². The van der Waals surface area contributed by atoms with Gasteiger partial charge in [0.05, 0.1) is 0 Å². The molecule has 1 aromatic carbocycles. The summed E-state index contributed by atoms with van der Waals surface area (Å²) in [7, 11) is 0. The van der Waals surface area contributed by atoms with Crippen LogP contribution in [0.15, 0.2) is 29.2 Å². The van der Waals surface area contributed by atoms with E-state index in [0.717, 1.165) is 5.75 Å². The Morgan fingerprint density at radius 2 is 2.19 bits per heavy atom. The van der Waals surface area contributed by atoms with Gasteiger partial charge in [-0.1, -0.05) is 18.2 Å². The first-order valence-corrected chi connectivity index (χ1v) is 7.21. The minimum atomic E-state index is -0.939. The van der Waals surface area contributed by atoms with E-state index in [1.54, 1.807) is 23.5 Å². The molecule has 0 bridgehead atoms. The first kappa shape index (κ1) is 13.4. The lowest BCUT2D eigenvalue weighted by molar-refractivity contribution is -0.137. The molecule has 1 aromatic rings. The molecule has 0 aromatic heterocycles. The summed E-state index contributed by atoms with van der Waals surface area (Å²) in [6, 6.07) is 7.35. The largest absolute Gasteiger partial charge is 0.480 e. The predicted octanol–water partition coefficient (Wildman–Crippen LogP) is 2.05. The van der Waals surface area contributed by atoms with Crippen LogP contribution in [0.4, 0.5) is 0 Å². The molecule has 1 rings (SSSR count). The van der Waals surface area contributed by atoms with Crippen LogP contribution in [-0.4, -0.2) is 29.1 Å². The van der Waals surface area contributed by atoms with E-state index < -0.39 is 12.0 Å². The molecule has 0 amide bonds. The normalized spacial score (nSPS) is 12.4.